The molecule has 5 nitrogen and oxygen atoms in total. The molecule has 0 spiro atoms. The third-order valence-corrected chi connectivity index (χ3v) is 3.96. The van der Waals surface area contributed by atoms with Crippen molar-refractivity contribution in [3.8, 4) is 0 Å². The number of hydrogen-bond donors (Lipinski definition) is 1. The highest BCUT2D eigenvalue weighted by atomic mass is 35.5. The third kappa shape index (κ3) is 2.14. The third-order valence-electron chi connectivity index (χ3n) is 2.30. The van der Waals surface area contributed by atoms with Crippen LogP contribution in [0.4, 0.5) is 5.69 Å². The van der Waals surface area contributed by atoms with Crippen LogP contribution in [-0.4, -0.2) is 18.3 Å². The molecule has 1 aromatic carbocycles. The van der Waals surface area contributed by atoms with E-state index in [-0.39, 0.29) is 0 Å². The second-order valence-electron chi connectivity index (χ2n) is 3.43. The molecule has 2 heterocycles. The maximum Gasteiger partial charge on any atom is 0.130 e. The number of halogens is 2. The summed E-state index contributed by atoms with van der Waals surface area (Å²) in [6.45, 7) is 0.532. The molecule has 3 rings (SSSR count). The van der Waals surface area contributed by atoms with Crippen LogP contribution in [0.5, 0.6) is 0 Å². The Bertz CT molecular complexity index is 682. The van der Waals surface area contributed by atoms with Crippen molar-refractivity contribution in [2.45, 2.75) is 6.54 Å². The summed E-state index contributed by atoms with van der Waals surface area (Å²) in [5.41, 5.74) is 2.91. The molecule has 3 aromatic rings. The molecular formula is C9H5Cl2N5S2. The van der Waals surface area contributed by atoms with Crippen molar-refractivity contribution in [1.82, 2.24) is 18.3 Å². The van der Waals surface area contributed by atoms with Crippen LogP contribution < -0.4 is 5.32 Å². The standard InChI is InChI=1S/C9H5Cl2N5S2/c10-5-1-6(11)8-9(15-18-14-8)7(5)12-2-4-3-17-16-13-4/h1,3,12H,2H2. The van der Waals surface area contributed by atoms with Crippen LogP contribution in [0.25, 0.3) is 11.0 Å². The Morgan fingerprint density at radius 3 is 2.78 bits per heavy atom. The van der Waals surface area contributed by atoms with Gasteiger partial charge in [0.1, 0.15) is 11.0 Å². The lowest BCUT2D eigenvalue weighted by atomic mass is 10.2. The highest BCUT2D eigenvalue weighted by molar-refractivity contribution is 7.03. The SMILES string of the molecule is Clc1cc(Cl)c2nsnc2c1NCc1csnn1. The number of aromatic nitrogens is 4. The fourth-order valence-corrected chi connectivity index (χ4v) is 3.11. The maximum absolute atomic E-state index is 6.16. The van der Waals surface area contributed by atoms with Gasteiger partial charge in [-0.3, -0.25) is 0 Å². The maximum atomic E-state index is 6.16. The van der Waals surface area contributed by atoms with Gasteiger partial charge in [0.2, 0.25) is 0 Å². The average Bonchev–Trinajstić information content (AvgIpc) is 2.98. The molecule has 0 aliphatic rings. The first-order chi connectivity index (χ1) is 8.75. The highest BCUT2D eigenvalue weighted by Gasteiger charge is 2.13. The van der Waals surface area contributed by atoms with Crippen LogP contribution >= 0.6 is 46.5 Å². The van der Waals surface area contributed by atoms with Gasteiger partial charge in [-0.25, -0.2) is 0 Å². The van der Waals surface area contributed by atoms with Crippen LogP contribution in [0.1, 0.15) is 5.69 Å². The zero-order chi connectivity index (χ0) is 12.5. The van der Waals surface area contributed by atoms with Crippen molar-refractivity contribution in [2.75, 3.05) is 5.32 Å². The summed E-state index contributed by atoms with van der Waals surface area (Å²) in [6, 6.07) is 1.66. The van der Waals surface area contributed by atoms with E-state index >= 15 is 0 Å². The Morgan fingerprint density at radius 2 is 2.00 bits per heavy atom. The molecule has 92 valence electrons. The van der Waals surface area contributed by atoms with Crippen molar-refractivity contribution in [2.24, 2.45) is 0 Å². The van der Waals surface area contributed by atoms with Crippen molar-refractivity contribution >= 4 is 63.2 Å². The monoisotopic (exact) mass is 317 g/mol. The van der Waals surface area contributed by atoms with Gasteiger partial charge in [-0.2, -0.15) is 8.75 Å². The van der Waals surface area contributed by atoms with Crippen molar-refractivity contribution < 1.29 is 0 Å². The number of hydrogen-bond acceptors (Lipinski definition) is 7. The lowest BCUT2D eigenvalue weighted by molar-refractivity contribution is 1.000. The summed E-state index contributed by atoms with van der Waals surface area (Å²) in [6.07, 6.45) is 0. The Labute approximate surface area is 120 Å². The Morgan fingerprint density at radius 1 is 1.17 bits per heavy atom. The van der Waals surface area contributed by atoms with Gasteiger partial charge in [-0.1, -0.05) is 27.7 Å². The van der Waals surface area contributed by atoms with Gasteiger partial charge in [0.25, 0.3) is 0 Å². The largest absolute Gasteiger partial charge is 0.376 e. The molecule has 0 saturated heterocycles. The first kappa shape index (κ1) is 12.0. The van der Waals surface area contributed by atoms with E-state index in [4.69, 9.17) is 23.2 Å². The topological polar surface area (TPSA) is 63.6 Å². The second-order valence-corrected chi connectivity index (χ2v) is 5.38. The Hall–Kier alpha value is -1.02. The summed E-state index contributed by atoms with van der Waals surface area (Å²) in [5.74, 6) is 0. The quantitative estimate of drug-likeness (QED) is 0.801. The molecule has 0 aliphatic heterocycles. The molecule has 9 heteroatoms. The van der Waals surface area contributed by atoms with Crippen molar-refractivity contribution in [3.63, 3.8) is 0 Å². The van der Waals surface area contributed by atoms with E-state index < -0.39 is 0 Å². The molecule has 0 amide bonds. The molecule has 0 aliphatic carbocycles. The smallest absolute Gasteiger partial charge is 0.130 e. The van der Waals surface area contributed by atoms with Gasteiger partial charge >= 0.3 is 0 Å². The molecule has 1 N–H and O–H groups in total. The van der Waals surface area contributed by atoms with E-state index in [1.54, 1.807) is 6.07 Å². The number of rotatable bonds is 3. The zero-order valence-electron chi connectivity index (χ0n) is 8.72. The minimum absolute atomic E-state index is 0.504. The normalized spacial score (nSPS) is 11.0. The predicted octanol–water partition coefficient (Wildman–Crippen LogP) is 3.46. The summed E-state index contributed by atoms with van der Waals surface area (Å²) in [4.78, 5) is 0. The molecule has 0 fully saturated rings. The molecule has 0 radical (unpaired) electrons. The number of nitrogens with one attached hydrogen (secondary N) is 1. The molecule has 18 heavy (non-hydrogen) atoms. The van der Waals surface area contributed by atoms with Crippen molar-refractivity contribution in [3.05, 3.63) is 27.2 Å². The minimum Gasteiger partial charge on any atom is -0.376 e. The van der Waals surface area contributed by atoms with E-state index in [0.717, 1.165) is 23.1 Å². The predicted molar refractivity (Wildman–Crippen MR) is 74.7 cm³/mol. The van der Waals surface area contributed by atoms with Gasteiger partial charge in [0.05, 0.1) is 39.7 Å². The molecule has 0 atom stereocenters. The van der Waals surface area contributed by atoms with E-state index in [1.807, 2.05) is 5.38 Å². The van der Waals surface area contributed by atoms with Gasteiger partial charge < -0.3 is 5.32 Å². The number of anilines is 1. The van der Waals surface area contributed by atoms with E-state index in [0.29, 0.717) is 27.6 Å². The summed E-state index contributed by atoms with van der Waals surface area (Å²) < 4.78 is 12.1. The van der Waals surface area contributed by atoms with Crippen LogP contribution in [0.2, 0.25) is 10.0 Å². The van der Waals surface area contributed by atoms with Crippen LogP contribution in [0.15, 0.2) is 11.4 Å². The summed E-state index contributed by atoms with van der Waals surface area (Å²) >= 11 is 14.6. The van der Waals surface area contributed by atoms with E-state index in [9.17, 15) is 0 Å². The molecular weight excluding hydrogens is 313 g/mol. The molecule has 0 bridgehead atoms. The number of nitrogens with zero attached hydrogens (tertiary/aromatic N) is 4. The van der Waals surface area contributed by atoms with Gasteiger partial charge in [-0.05, 0) is 17.6 Å². The Kier molecular flexibility index (Phi) is 3.29. The zero-order valence-corrected chi connectivity index (χ0v) is 11.9. The lowest BCUT2D eigenvalue weighted by Gasteiger charge is -2.07. The van der Waals surface area contributed by atoms with E-state index in [1.165, 1.54) is 11.5 Å². The lowest BCUT2D eigenvalue weighted by Crippen LogP contribution is -2.01. The Balaban J connectivity index is 1.98. The summed E-state index contributed by atoms with van der Waals surface area (Å²) in [5, 5.41) is 10.0. The van der Waals surface area contributed by atoms with Crippen LogP contribution in [0.3, 0.4) is 0 Å². The summed E-state index contributed by atoms with van der Waals surface area (Å²) in [7, 11) is 0. The van der Waals surface area contributed by atoms with Gasteiger partial charge in [-0.15, -0.1) is 5.10 Å². The highest BCUT2D eigenvalue weighted by Crippen LogP contribution is 2.35. The van der Waals surface area contributed by atoms with E-state index in [2.05, 4.69) is 23.7 Å². The fraction of sp³-hybridized carbons (Fsp3) is 0.111. The fourth-order valence-electron chi connectivity index (χ4n) is 1.48. The van der Waals surface area contributed by atoms with Gasteiger partial charge in [0.15, 0.2) is 0 Å². The second kappa shape index (κ2) is 4.93. The molecule has 0 saturated carbocycles. The molecule has 0 unspecified atom stereocenters. The first-order valence-electron chi connectivity index (χ1n) is 4.86. The number of benzene rings is 1. The van der Waals surface area contributed by atoms with Crippen LogP contribution in [0, 0.1) is 0 Å². The molecule has 2 aromatic heterocycles. The van der Waals surface area contributed by atoms with Crippen LogP contribution in [-0.2, 0) is 6.54 Å². The van der Waals surface area contributed by atoms with Crippen molar-refractivity contribution in [1.29, 1.82) is 0 Å². The minimum atomic E-state index is 0.504. The first-order valence-corrected chi connectivity index (χ1v) is 7.18. The average molecular weight is 318 g/mol. The number of fused-ring (bicyclic) bond motifs is 1. The van der Waals surface area contributed by atoms with Gasteiger partial charge in [0, 0.05) is 5.38 Å².